The lowest BCUT2D eigenvalue weighted by molar-refractivity contribution is 0.0822. The number of nitrogens with zero attached hydrogens (tertiary/aromatic N) is 1. The van der Waals surface area contributed by atoms with Crippen LogP contribution in [0.1, 0.15) is 49.3 Å². The topological polar surface area (TPSA) is 53.2 Å². The molecular weight excluding hydrogens is 226 g/mol. The van der Waals surface area contributed by atoms with Crippen molar-refractivity contribution >= 4 is 0 Å². The van der Waals surface area contributed by atoms with Crippen molar-refractivity contribution in [2.24, 2.45) is 5.92 Å². The number of rotatable bonds is 3. The second-order valence-corrected chi connectivity index (χ2v) is 4.88. The predicted octanol–water partition coefficient (Wildman–Crippen LogP) is 3.18. The van der Waals surface area contributed by atoms with Crippen molar-refractivity contribution < 1.29 is 9.84 Å². The predicted molar refractivity (Wildman–Crippen MR) is 69.2 cm³/mol. The molecule has 0 amide bonds. The molecule has 1 aromatic rings. The first kappa shape index (κ1) is 12.9. The second-order valence-electron chi connectivity index (χ2n) is 4.88. The van der Waals surface area contributed by atoms with Crippen LogP contribution in [0.5, 0.6) is 5.75 Å². The van der Waals surface area contributed by atoms with Crippen LogP contribution in [0.4, 0.5) is 0 Å². The molecule has 1 aliphatic rings. The molecule has 1 fully saturated rings. The Morgan fingerprint density at radius 1 is 1.33 bits per heavy atom. The normalized spacial score (nSPS) is 18.1. The van der Waals surface area contributed by atoms with E-state index >= 15 is 0 Å². The molecule has 2 rings (SSSR count). The minimum absolute atomic E-state index is 0.252. The zero-order valence-corrected chi connectivity index (χ0v) is 10.7. The summed E-state index contributed by atoms with van der Waals surface area (Å²) in [6.45, 7) is 0. The molecule has 1 N–H and O–H groups in total. The largest absolute Gasteiger partial charge is 0.496 e. The molecule has 0 saturated heterocycles. The van der Waals surface area contributed by atoms with Crippen LogP contribution in [0.15, 0.2) is 18.2 Å². The number of aliphatic hydroxyl groups excluding tert-OH is 1. The Morgan fingerprint density at radius 3 is 2.67 bits per heavy atom. The maximum atomic E-state index is 10.5. The second kappa shape index (κ2) is 5.88. The van der Waals surface area contributed by atoms with E-state index in [0.29, 0.717) is 16.9 Å². The van der Waals surface area contributed by atoms with Crippen molar-refractivity contribution in [1.82, 2.24) is 0 Å². The number of aliphatic hydroxyl groups is 1. The highest BCUT2D eigenvalue weighted by molar-refractivity contribution is 5.48. The Morgan fingerprint density at radius 2 is 2.06 bits per heavy atom. The minimum atomic E-state index is -0.587. The summed E-state index contributed by atoms with van der Waals surface area (Å²) in [5.74, 6) is 0.870. The minimum Gasteiger partial charge on any atom is -0.496 e. The van der Waals surface area contributed by atoms with Crippen LogP contribution in [0.2, 0.25) is 0 Å². The molecule has 1 saturated carbocycles. The fourth-order valence-electron chi connectivity index (χ4n) is 2.81. The van der Waals surface area contributed by atoms with Crippen LogP contribution in [0.25, 0.3) is 0 Å². The van der Waals surface area contributed by atoms with Crippen molar-refractivity contribution in [3.05, 3.63) is 29.3 Å². The van der Waals surface area contributed by atoms with E-state index in [1.807, 2.05) is 6.07 Å². The molecule has 0 aromatic heterocycles. The van der Waals surface area contributed by atoms with E-state index in [9.17, 15) is 5.11 Å². The van der Waals surface area contributed by atoms with Gasteiger partial charge in [0.05, 0.1) is 24.8 Å². The Bertz CT molecular complexity index is 444. The molecular formula is C15H19NO2. The molecule has 96 valence electrons. The van der Waals surface area contributed by atoms with Crippen molar-refractivity contribution in [3.63, 3.8) is 0 Å². The quantitative estimate of drug-likeness (QED) is 0.889. The molecule has 1 aromatic carbocycles. The van der Waals surface area contributed by atoms with Gasteiger partial charge in [-0.3, -0.25) is 0 Å². The molecule has 1 atom stereocenters. The summed E-state index contributed by atoms with van der Waals surface area (Å²) in [6.07, 6.45) is 5.06. The fraction of sp³-hybridized carbons (Fsp3) is 0.533. The van der Waals surface area contributed by atoms with Gasteiger partial charge in [0.2, 0.25) is 0 Å². The molecule has 0 radical (unpaired) electrons. The van der Waals surface area contributed by atoms with Gasteiger partial charge in [0, 0.05) is 5.56 Å². The average Bonchev–Trinajstić information content (AvgIpc) is 2.46. The van der Waals surface area contributed by atoms with Gasteiger partial charge >= 0.3 is 0 Å². The summed E-state index contributed by atoms with van der Waals surface area (Å²) in [5.41, 5.74) is 1.18. The molecule has 1 aliphatic carbocycles. The molecule has 1 unspecified atom stereocenters. The van der Waals surface area contributed by atoms with Gasteiger partial charge in [-0.05, 0) is 30.9 Å². The van der Waals surface area contributed by atoms with Gasteiger partial charge < -0.3 is 9.84 Å². The third-order valence-corrected chi connectivity index (χ3v) is 3.80. The average molecular weight is 245 g/mol. The van der Waals surface area contributed by atoms with Gasteiger partial charge in [-0.25, -0.2) is 0 Å². The van der Waals surface area contributed by atoms with Crippen LogP contribution in [-0.4, -0.2) is 12.2 Å². The van der Waals surface area contributed by atoms with Crippen molar-refractivity contribution in [3.8, 4) is 11.8 Å². The van der Waals surface area contributed by atoms with Crippen LogP contribution in [-0.2, 0) is 0 Å². The lowest BCUT2D eigenvalue weighted by atomic mass is 9.81. The zero-order chi connectivity index (χ0) is 13.0. The number of hydrogen-bond donors (Lipinski definition) is 1. The van der Waals surface area contributed by atoms with E-state index in [4.69, 9.17) is 10.00 Å². The maximum absolute atomic E-state index is 10.5. The molecule has 0 spiro atoms. The van der Waals surface area contributed by atoms with Crippen LogP contribution in [0.3, 0.4) is 0 Å². The number of benzene rings is 1. The first-order valence-corrected chi connectivity index (χ1v) is 6.53. The van der Waals surface area contributed by atoms with E-state index in [2.05, 4.69) is 6.07 Å². The molecule has 0 heterocycles. The van der Waals surface area contributed by atoms with E-state index in [1.54, 1.807) is 19.2 Å². The molecule has 3 nitrogen and oxygen atoms in total. The van der Waals surface area contributed by atoms with Crippen LogP contribution in [0, 0.1) is 17.2 Å². The van der Waals surface area contributed by atoms with Gasteiger partial charge in [0.1, 0.15) is 5.75 Å². The summed E-state index contributed by atoms with van der Waals surface area (Å²) in [6, 6.07) is 7.48. The molecule has 0 bridgehead atoms. The number of hydrogen-bond acceptors (Lipinski definition) is 3. The Kier molecular flexibility index (Phi) is 4.22. The number of ether oxygens (including phenoxy) is 1. The van der Waals surface area contributed by atoms with E-state index < -0.39 is 6.10 Å². The summed E-state index contributed by atoms with van der Waals surface area (Å²) < 4.78 is 5.29. The summed E-state index contributed by atoms with van der Waals surface area (Å²) in [4.78, 5) is 0. The monoisotopic (exact) mass is 245 g/mol. The highest BCUT2D eigenvalue weighted by atomic mass is 16.5. The maximum Gasteiger partial charge on any atom is 0.126 e. The lowest BCUT2D eigenvalue weighted by Gasteiger charge is -2.28. The molecule has 0 aliphatic heterocycles. The van der Waals surface area contributed by atoms with Gasteiger partial charge in [-0.15, -0.1) is 0 Å². The SMILES string of the molecule is COc1cccc(C#N)c1C(O)C1CCCCC1. The van der Waals surface area contributed by atoms with Crippen molar-refractivity contribution in [2.45, 2.75) is 38.2 Å². The highest BCUT2D eigenvalue weighted by Crippen LogP contribution is 2.39. The Labute approximate surface area is 108 Å². The van der Waals surface area contributed by atoms with E-state index in [1.165, 1.54) is 19.3 Å². The molecule has 18 heavy (non-hydrogen) atoms. The highest BCUT2D eigenvalue weighted by Gasteiger charge is 2.27. The van der Waals surface area contributed by atoms with E-state index in [0.717, 1.165) is 12.8 Å². The van der Waals surface area contributed by atoms with Crippen molar-refractivity contribution in [2.75, 3.05) is 7.11 Å². The smallest absolute Gasteiger partial charge is 0.126 e. The van der Waals surface area contributed by atoms with Gasteiger partial charge in [0.15, 0.2) is 0 Å². The van der Waals surface area contributed by atoms with Crippen LogP contribution < -0.4 is 4.74 Å². The summed E-state index contributed by atoms with van der Waals surface area (Å²) >= 11 is 0. The standard InChI is InChI=1S/C15H19NO2/c1-18-13-9-5-8-12(10-16)14(13)15(17)11-6-3-2-4-7-11/h5,8-9,11,15,17H,2-4,6-7H2,1H3. The third-order valence-electron chi connectivity index (χ3n) is 3.80. The Hall–Kier alpha value is -1.53. The fourth-order valence-corrected chi connectivity index (χ4v) is 2.81. The summed E-state index contributed by atoms with van der Waals surface area (Å²) in [5, 5.41) is 19.7. The first-order chi connectivity index (χ1) is 8.77. The third kappa shape index (κ3) is 2.49. The first-order valence-electron chi connectivity index (χ1n) is 6.53. The number of methoxy groups -OCH3 is 1. The molecule has 3 heteroatoms. The van der Waals surface area contributed by atoms with Gasteiger partial charge in [0.25, 0.3) is 0 Å². The van der Waals surface area contributed by atoms with Crippen molar-refractivity contribution in [1.29, 1.82) is 5.26 Å². The van der Waals surface area contributed by atoms with E-state index in [-0.39, 0.29) is 5.92 Å². The zero-order valence-electron chi connectivity index (χ0n) is 10.7. The lowest BCUT2D eigenvalue weighted by Crippen LogP contribution is -2.17. The Balaban J connectivity index is 2.33. The number of nitriles is 1. The summed E-state index contributed by atoms with van der Waals surface area (Å²) in [7, 11) is 1.58. The van der Waals surface area contributed by atoms with Crippen LogP contribution >= 0.6 is 0 Å². The van der Waals surface area contributed by atoms with Gasteiger partial charge in [-0.2, -0.15) is 5.26 Å². The van der Waals surface area contributed by atoms with Gasteiger partial charge in [-0.1, -0.05) is 25.3 Å².